The van der Waals surface area contributed by atoms with Crippen molar-refractivity contribution in [2.75, 3.05) is 45.9 Å². The summed E-state index contributed by atoms with van der Waals surface area (Å²) in [5, 5.41) is 12.3. The molecule has 0 spiro atoms. The van der Waals surface area contributed by atoms with E-state index in [4.69, 9.17) is 16.7 Å². The Balaban J connectivity index is 1.60. The van der Waals surface area contributed by atoms with Crippen molar-refractivity contribution in [3.8, 4) is 0 Å². The molecule has 1 aliphatic heterocycles. The molecule has 0 radical (unpaired) electrons. The topological polar surface area (TPSA) is 39.6 Å². The zero-order valence-corrected chi connectivity index (χ0v) is 14.2. The molecule has 0 unspecified atom stereocenters. The molecular formula is C15H26ClN3OS. The Morgan fingerprint density at radius 3 is 2.57 bits per heavy atom. The minimum Gasteiger partial charge on any atom is -0.395 e. The number of rotatable bonds is 8. The molecule has 0 atom stereocenters. The summed E-state index contributed by atoms with van der Waals surface area (Å²) in [6.45, 7) is 6.81. The van der Waals surface area contributed by atoms with Crippen LogP contribution in [0.25, 0.3) is 0 Å². The molecule has 4 nitrogen and oxygen atoms in total. The summed E-state index contributed by atoms with van der Waals surface area (Å²) in [5.41, 5.74) is 1.01. The fourth-order valence-corrected chi connectivity index (χ4v) is 3.82. The second-order valence-corrected chi connectivity index (χ2v) is 6.79. The molecule has 2 rings (SSSR count). The molecule has 120 valence electrons. The van der Waals surface area contributed by atoms with Crippen LogP contribution in [0.1, 0.15) is 30.0 Å². The molecule has 1 aromatic rings. The molecule has 1 fully saturated rings. The van der Waals surface area contributed by atoms with Crippen LogP contribution in [0.2, 0.25) is 0 Å². The highest BCUT2D eigenvalue weighted by Gasteiger charge is 2.13. The second-order valence-electron chi connectivity index (χ2n) is 5.58. The average molecular weight is 332 g/mol. The van der Waals surface area contributed by atoms with Gasteiger partial charge in [0.25, 0.3) is 0 Å². The van der Waals surface area contributed by atoms with Crippen molar-refractivity contribution in [3.63, 3.8) is 0 Å². The number of alkyl halides is 1. The fourth-order valence-electron chi connectivity index (χ4n) is 2.75. The van der Waals surface area contributed by atoms with E-state index in [0.29, 0.717) is 5.88 Å². The van der Waals surface area contributed by atoms with Crippen LogP contribution < -0.4 is 0 Å². The zero-order valence-electron chi connectivity index (χ0n) is 12.6. The molecule has 1 aliphatic rings. The Labute approximate surface area is 136 Å². The van der Waals surface area contributed by atoms with E-state index in [1.807, 2.05) is 0 Å². The summed E-state index contributed by atoms with van der Waals surface area (Å²) in [6.07, 6.45) is 4.72. The van der Waals surface area contributed by atoms with Gasteiger partial charge in [-0.05, 0) is 45.3 Å². The number of aromatic nitrogens is 1. The minimum absolute atomic E-state index is 0.276. The molecule has 6 heteroatoms. The van der Waals surface area contributed by atoms with Crippen LogP contribution >= 0.6 is 22.9 Å². The van der Waals surface area contributed by atoms with Crippen molar-refractivity contribution in [3.05, 3.63) is 16.1 Å². The summed E-state index contributed by atoms with van der Waals surface area (Å²) in [6, 6.07) is 0. The lowest BCUT2D eigenvalue weighted by molar-refractivity contribution is 0.196. The highest BCUT2D eigenvalue weighted by atomic mass is 35.5. The lowest BCUT2D eigenvalue weighted by Gasteiger charge is -2.21. The molecule has 0 aromatic carbocycles. The van der Waals surface area contributed by atoms with Crippen molar-refractivity contribution < 1.29 is 5.11 Å². The third-order valence-electron chi connectivity index (χ3n) is 3.95. The van der Waals surface area contributed by atoms with E-state index in [1.54, 1.807) is 11.3 Å². The number of hydrogen-bond acceptors (Lipinski definition) is 5. The van der Waals surface area contributed by atoms with Gasteiger partial charge >= 0.3 is 0 Å². The predicted octanol–water partition coefficient (Wildman–Crippen LogP) is 2.20. The number of aliphatic hydroxyl groups excluding tert-OH is 1. The van der Waals surface area contributed by atoms with Gasteiger partial charge in [-0.25, -0.2) is 4.98 Å². The smallest absolute Gasteiger partial charge is 0.0928 e. The molecular weight excluding hydrogens is 306 g/mol. The molecule has 1 N–H and O–H groups in total. The molecule has 0 amide bonds. The Kier molecular flexibility index (Phi) is 7.96. The van der Waals surface area contributed by atoms with Crippen LogP contribution in [0.5, 0.6) is 0 Å². The third-order valence-corrected chi connectivity index (χ3v) is 5.18. The molecule has 0 aliphatic carbocycles. The number of thiazole rings is 1. The number of unbranched alkanes of at least 4 members (excludes halogenated alkanes) is 1. The van der Waals surface area contributed by atoms with Crippen molar-refractivity contribution in [1.29, 1.82) is 0 Å². The van der Waals surface area contributed by atoms with Gasteiger partial charge in [0.1, 0.15) is 0 Å². The Morgan fingerprint density at radius 2 is 1.90 bits per heavy atom. The quantitative estimate of drug-likeness (QED) is 0.585. The normalized spacial score (nSPS) is 18.0. The average Bonchev–Trinajstić information content (AvgIpc) is 2.84. The van der Waals surface area contributed by atoms with Crippen LogP contribution in [-0.2, 0) is 12.3 Å². The number of hydrogen-bond donors (Lipinski definition) is 1. The number of nitrogens with zero attached hydrogens (tertiary/aromatic N) is 3. The predicted molar refractivity (Wildman–Crippen MR) is 89.2 cm³/mol. The lowest BCUT2D eigenvalue weighted by Crippen LogP contribution is -2.32. The maximum Gasteiger partial charge on any atom is 0.0928 e. The van der Waals surface area contributed by atoms with E-state index in [9.17, 15) is 0 Å². The Bertz CT molecular complexity index is 402. The number of halogens is 1. The molecule has 21 heavy (non-hydrogen) atoms. The van der Waals surface area contributed by atoms with Crippen LogP contribution in [0, 0.1) is 0 Å². The summed E-state index contributed by atoms with van der Waals surface area (Å²) in [5.74, 6) is 0.522. The summed E-state index contributed by atoms with van der Waals surface area (Å²) >= 11 is 7.50. The van der Waals surface area contributed by atoms with E-state index in [1.165, 1.54) is 37.4 Å². The first-order chi connectivity index (χ1) is 10.3. The van der Waals surface area contributed by atoms with Gasteiger partial charge < -0.3 is 10.0 Å². The Hall–Kier alpha value is -0.200. The fraction of sp³-hybridized carbons (Fsp3) is 0.800. The van der Waals surface area contributed by atoms with Gasteiger partial charge in [0.15, 0.2) is 0 Å². The van der Waals surface area contributed by atoms with Crippen molar-refractivity contribution >= 4 is 22.9 Å². The van der Waals surface area contributed by atoms with Gasteiger partial charge in [0, 0.05) is 25.0 Å². The van der Waals surface area contributed by atoms with Crippen LogP contribution in [0.4, 0.5) is 0 Å². The van der Waals surface area contributed by atoms with Gasteiger partial charge in [-0.3, -0.25) is 4.90 Å². The number of aliphatic hydroxyl groups is 1. The van der Waals surface area contributed by atoms with Gasteiger partial charge in [0.2, 0.25) is 0 Å². The second kappa shape index (κ2) is 9.74. The highest BCUT2D eigenvalue weighted by Crippen LogP contribution is 2.14. The van der Waals surface area contributed by atoms with E-state index >= 15 is 0 Å². The standard InChI is InChI=1S/C15H26ClN3OS/c16-12-14-13-21-15(17-14)4-1-2-5-18-6-3-7-19(9-8-18)10-11-20/h13,20H,1-12H2. The first-order valence-electron chi connectivity index (χ1n) is 7.86. The first kappa shape index (κ1) is 17.2. The zero-order chi connectivity index (χ0) is 14.9. The molecule has 2 heterocycles. The van der Waals surface area contributed by atoms with E-state index < -0.39 is 0 Å². The van der Waals surface area contributed by atoms with Crippen molar-refractivity contribution in [2.24, 2.45) is 0 Å². The van der Waals surface area contributed by atoms with E-state index in [2.05, 4.69) is 20.2 Å². The largest absolute Gasteiger partial charge is 0.395 e. The van der Waals surface area contributed by atoms with Gasteiger partial charge in [-0.2, -0.15) is 0 Å². The minimum atomic E-state index is 0.276. The van der Waals surface area contributed by atoms with Gasteiger partial charge in [-0.1, -0.05) is 0 Å². The molecule has 0 saturated carbocycles. The maximum atomic E-state index is 9.01. The number of aryl methyl sites for hydroxylation is 1. The van der Waals surface area contributed by atoms with Gasteiger partial charge in [0.05, 0.1) is 23.2 Å². The SMILES string of the molecule is OCCN1CCCN(CCCCc2nc(CCl)cs2)CC1. The first-order valence-corrected chi connectivity index (χ1v) is 9.28. The summed E-state index contributed by atoms with van der Waals surface area (Å²) in [4.78, 5) is 9.42. The van der Waals surface area contributed by atoms with E-state index in [0.717, 1.165) is 38.3 Å². The summed E-state index contributed by atoms with van der Waals surface area (Å²) < 4.78 is 0. The summed E-state index contributed by atoms with van der Waals surface area (Å²) in [7, 11) is 0. The maximum absolute atomic E-state index is 9.01. The molecule has 1 saturated heterocycles. The Morgan fingerprint density at radius 1 is 1.14 bits per heavy atom. The van der Waals surface area contributed by atoms with Crippen molar-refractivity contribution in [2.45, 2.75) is 31.6 Å². The molecule has 0 bridgehead atoms. The number of β-amino-alcohol motifs (C(OH)–C–C–N with tert-alkyl or cyclic N) is 1. The highest BCUT2D eigenvalue weighted by molar-refractivity contribution is 7.09. The van der Waals surface area contributed by atoms with Crippen LogP contribution in [0.3, 0.4) is 0 Å². The van der Waals surface area contributed by atoms with E-state index in [-0.39, 0.29) is 6.61 Å². The van der Waals surface area contributed by atoms with Crippen LogP contribution in [-0.4, -0.2) is 65.8 Å². The lowest BCUT2D eigenvalue weighted by atomic mass is 10.2. The monoisotopic (exact) mass is 331 g/mol. The van der Waals surface area contributed by atoms with Crippen LogP contribution in [0.15, 0.2) is 5.38 Å². The molecule has 1 aromatic heterocycles. The third kappa shape index (κ3) is 6.20. The van der Waals surface area contributed by atoms with Gasteiger partial charge in [-0.15, -0.1) is 22.9 Å². The van der Waals surface area contributed by atoms with Crippen molar-refractivity contribution in [1.82, 2.24) is 14.8 Å².